The summed E-state index contributed by atoms with van der Waals surface area (Å²) >= 11 is 1.60. The number of carbonyl (C=O) groups excluding carboxylic acids is 1. The lowest BCUT2D eigenvalue weighted by molar-refractivity contribution is -0.214. The Bertz CT molecular complexity index is 304. The first-order valence-corrected chi connectivity index (χ1v) is 7.60. The van der Waals surface area contributed by atoms with Gasteiger partial charge in [0.25, 0.3) is 0 Å². The van der Waals surface area contributed by atoms with Crippen LogP contribution in [-0.4, -0.2) is 63.8 Å². The van der Waals surface area contributed by atoms with E-state index < -0.39 is 42.3 Å². The van der Waals surface area contributed by atoms with Crippen molar-refractivity contribution in [2.24, 2.45) is 11.7 Å². The normalized spacial score (nSPS) is 37.0. The predicted molar refractivity (Wildman–Crippen MR) is 72.3 cm³/mol. The second kappa shape index (κ2) is 7.44. The molecule has 7 heteroatoms. The Morgan fingerprint density at radius 2 is 2.00 bits per heavy atom. The van der Waals surface area contributed by atoms with Crippen LogP contribution in [0.5, 0.6) is 0 Å². The number of rotatable bonds is 6. The minimum absolute atomic E-state index is 0.530. The largest absolute Gasteiger partial charge is 0.388 e. The van der Waals surface area contributed by atoms with Gasteiger partial charge in [0.2, 0.25) is 5.91 Å². The number of ether oxygens (including phenoxy) is 1. The Kier molecular flexibility index (Phi) is 6.55. The lowest BCUT2D eigenvalue weighted by Gasteiger charge is -2.41. The second-order valence-corrected chi connectivity index (χ2v) is 5.76. The summed E-state index contributed by atoms with van der Waals surface area (Å²) in [6, 6.07) is 0. The molecule has 0 aromatic rings. The second-order valence-electron chi connectivity index (χ2n) is 4.78. The minimum Gasteiger partial charge on any atom is -0.388 e. The Hall–Kier alpha value is -0.340. The van der Waals surface area contributed by atoms with Crippen LogP contribution in [-0.2, 0) is 9.53 Å². The summed E-state index contributed by atoms with van der Waals surface area (Å²) in [5.41, 5.74) is 5.15. The van der Waals surface area contributed by atoms with Crippen LogP contribution in [0, 0.1) is 12.3 Å². The molecule has 1 aliphatic rings. The van der Waals surface area contributed by atoms with Gasteiger partial charge in [-0.3, -0.25) is 4.79 Å². The van der Waals surface area contributed by atoms with Gasteiger partial charge in [0, 0.05) is 12.3 Å². The molecule has 1 heterocycles. The summed E-state index contributed by atoms with van der Waals surface area (Å²) < 4.78 is 5.57. The number of aliphatic hydroxyl groups is 3. The van der Waals surface area contributed by atoms with Gasteiger partial charge in [-0.15, -0.1) is 0 Å². The predicted octanol–water partition coefficient (Wildman–Crippen LogP) is -1.08. The highest BCUT2D eigenvalue weighted by molar-refractivity contribution is 7.98. The molecule has 6 nitrogen and oxygen atoms in total. The zero-order chi connectivity index (χ0) is 14.6. The molecule has 6 unspecified atom stereocenters. The maximum Gasteiger partial charge on any atom is 0.220 e. The fourth-order valence-electron chi connectivity index (χ4n) is 1.99. The van der Waals surface area contributed by atoms with Crippen molar-refractivity contribution >= 4 is 17.7 Å². The number of aliphatic hydroxyl groups excluding tert-OH is 3. The maximum atomic E-state index is 11.0. The first-order chi connectivity index (χ1) is 8.88. The summed E-state index contributed by atoms with van der Waals surface area (Å²) in [7, 11) is 0. The van der Waals surface area contributed by atoms with Crippen LogP contribution in [0.15, 0.2) is 0 Å². The van der Waals surface area contributed by atoms with E-state index in [2.05, 4.69) is 0 Å². The van der Waals surface area contributed by atoms with Gasteiger partial charge in [-0.2, -0.15) is 11.8 Å². The third kappa shape index (κ3) is 4.32. The molecular weight excluding hydrogens is 270 g/mol. The molecule has 1 amide bonds. The van der Waals surface area contributed by atoms with Crippen LogP contribution in [0.1, 0.15) is 13.3 Å². The quantitative estimate of drug-likeness (QED) is 0.495. The number of amides is 1. The average Bonchev–Trinajstić information content (AvgIpc) is 2.37. The van der Waals surface area contributed by atoms with Crippen molar-refractivity contribution in [1.82, 2.24) is 0 Å². The zero-order valence-electron chi connectivity index (χ0n) is 11.1. The Morgan fingerprint density at radius 3 is 2.53 bits per heavy atom. The van der Waals surface area contributed by atoms with Gasteiger partial charge in [-0.25, -0.2) is 0 Å². The molecule has 1 saturated heterocycles. The van der Waals surface area contributed by atoms with Crippen LogP contribution >= 0.6 is 11.8 Å². The highest BCUT2D eigenvalue weighted by Gasteiger charge is 2.43. The number of thioether (sulfide) groups is 1. The molecule has 1 rings (SSSR count). The van der Waals surface area contributed by atoms with Crippen molar-refractivity contribution < 1.29 is 24.9 Å². The number of primary amides is 1. The monoisotopic (exact) mass is 292 g/mol. The smallest absolute Gasteiger partial charge is 0.220 e. The molecule has 0 bridgehead atoms. The summed E-state index contributed by atoms with van der Waals surface area (Å²) in [6.07, 6.45) is -1.10. The van der Waals surface area contributed by atoms with Crippen molar-refractivity contribution in [3.63, 3.8) is 0 Å². The number of hydrogen-bond acceptors (Lipinski definition) is 6. The Balaban J connectivity index is 2.67. The molecule has 1 aliphatic heterocycles. The van der Waals surface area contributed by atoms with Gasteiger partial charge in [-0.05, 0) is 18.4 Å². The van der Waals surface area contributed by atoms with Crippen molar-refractivity contribution in [3.05, 3.63) is 6.42 Å². The van der Waals surface area contributed by atoms with Gasteiger partial charge < -0.3 is 25.8 Å². The molecule has 0 saturated carbocycles. The molecular formula is C12H22NO5S. The molecule has 19 heavy (non-hydrogen) atoms. The van der Waals surface area contributed by atoms with Crippen LogP contribution in [0.25, 0.3) is 0 Å². The molecule has 0 aliphatic carbocycles. The van der Waals surface area contributed by atoms with E-state index in [-0.39, 0.29) is 0 Å². The Morgan fingerprint density at radius 1 is 1.37 bits per heavy atom. The summed E-state index contributed by atoms with van der Waals surface area (Å²) in [5, 5.41) is 29.5. The first kappa shape index (κ1) is 16.7. The van der Waals surface area contributed by atoms with E-state index in [1.54, 1.807) is 18.7 Å². The van der Waals surface area contributed by atoms with Gasteiger partial charge in [0.05, 0.1) is 12.2 Å². The minimum atomic E-state index is -1.29. The van der Waals surface area contributed by atoms with Crippen LogP contribution < -0.4 is 5.73 Å². The molecule has 6 atom stereocenters. The lowest BCUT2D eigenvalue weighted by Crippen LogP contribution is -2.58. The van der Waals surface area contributed by atoms with Gasteiger partial charge in [0.1, 0.15) is 18.3 Å². The van der Waals surface area contributed by atoms with E-state index in [1.165, 1.54) is 6.42 Å². The number of hydrogen-bond donors (Lipinski definition) is 4. The molecule has 1 radical (unpaired) electrons. The summed E-state index contributed by atoms with van der Waals surface area (Å²) in [4.78, 5) is 11.0. The Labute approximate surface area is 117 Å². The molecule has 1 fully saturated rings. The van der Waals surface area contributed by atoms with E-state index in [1.807, 2.05) is 6.26 Å². The van der Waals surface area contributed by atoms with Crippen LogP contribution in [0.2, 0.25) is 0 Å². The third-order valence-corrected chi connectivity index (χ3v) is 3.93. The SMILES string of the molecule is CSCCC1OC([CH]C(C)C(N)=O)C(O)C(O)C1O. The molecule has 0 aromatic heterocycles. The van der Waals surface area contributed by atoms with Crippen molar-refractivity contribution in [1.29, 1.82) is 0 Å². The third-order valence-electron chi connectivity index (χ3n) is 3.28. The zero-order valence-corrected chi connectivity index (χ0v) is 11.9. The van der Waals surface area contributed by atoms with Crippen LogP contribution in [0.4, 0.5) is 0 Å². The molecule has 0 aromatic carbocycles. The highest BCUT2D eigenvalue weighted by atomic mass is 32.2. The summed E-state index contributed by atoms with van der Waals surface area (Å²) in [5.74, 6) is -0.344. The highest BCUT2D eigenvalue weighted by Crippen LogP contribution is 2.27. The van der Waals surface area contributed by atoms with E-state index in [9.17, 15) is 20.1 Å². The number of carbonyl (C=O) groups is 1. The van der Waals surface area contributed by atoms with Crippen LogP contribution in [0.3, 0.4) is 0 Å². The first-order valence-electron chi connectivity index (χ1n) is 6.21. The summed E-state index contributed by atoms with van der Waals surface area (Å²) in [6.45, 7) is 1.59. The fourth-order valence-corrected chi connectivity index (χ4v) is 2.46. The van der Waals surface area contributed by atoms with E-state index in [0.29, 0.717) is 6.42 Å². The van der Waals surface area contributed by atoms with E-state index in [0.717, 1.165) is 5.75 Å². The molecule has 5 N–H and O–H groups in total. The average molecular weight is 292 g/mol. The number of nitrogens with two attached hydrogens (primary N) is 1. The molecule has 0 spiro atoms. The van der Waals surface area contributed by atoms with E-state index in [4.69, 9.17) is 10.5 Å². The fraction of sp³-hybridized carbons (Fsp3) is 0.833. The van der Waals surface area contributed by atoms with Crippen molar-refractivity contribution in [3.8, 4) is 0 Å². The molecule has 111 valence electrons. The van der Waals surface area contributed by atoms with Gasteiger partial charge >= 0.3 is 0 Å². The van der Waals surface area contributed by atoms with Crippen molar-refractivity contribution in [2.75, 3.05) is 12.0 Å². The van der Waals surface area contributed by atoms with Crippen molar-refractivity contribution in [2.45, 2.75) is 43.9 Å². The topological polar surface area (TPSA) is 113 Å². The van der Waals surface area contributed by atoms with Gasteiger partial charge in [0.15, 0.2) is 0 Å². The lowest BCUT2D eigenvalue weighted by atomic mass is 9.89. The maximum absolute atomic E-state index is 11.0. The van der Waals surface area contributed by atoms with E-state index >= 15 is 0 Å². The van der Waals surface area contributed by atoms with Gasteiger partial charge in [-0.1, -0.05) is 6.92 Å². The standard InChI is InChI=1S/C12H22NO5S/c1-6(12(13)17)5-8-10(15)11(16)9(14)7(18-8)3-4-19-2/h5-11,14-16H,3-4H2,1-2H3,(H2,13,17).